The Balaban J connectivity index is 1.97. The molecule has 0 bridgehead atoms. The average molecular weight is 356 g/mol. The average Bonchev–Trinajstić information content (AvgIpc) is 2.55. The monoisotopic (exact) mass is 356 g/mol. The summed E-state index contributed by atoms with van der Waals surface area (Å²) in [6.07, 6.45) is 0. The Kier molecular flexibility index (Phi) is 5.86. The van der Waals surface area contributed by atoms with E-state index in [1.165, 1.54) is 31.3 Å². The number of carbonyl (C=O) groups excluding carboxylic acids is 1. The fourth-order valence-corrected chi connectivity index (χ4v) is 3.48. The number of likely N-dealkylation sites (N-methyl/N-ethyl adjacent to an activating group) is 1. The molecule has 0 unspecified atom stereocenters. The van der Waals surface area contributed by atoms with E-state index in [9.17, 15) is 23.3 Å². The van der Waals surface area contributed by atoms with Crippen molar-refractivity contribution in [2.75, 3.05) is 39.8 Å². The van der Waals surface area contributed by atoms with Crippen molar-refractivity contribution < 1.29 is 18.1 Å². The number of carbonyl (C=O) groups is 1. The van der Waals surface area contributed by atoms with Crippen LogP contribution in [0.5, 0.6) is 0 Å². The molecule has 1 aromatic rings. The molecule has 1 aliphatic rings. The Hall–Kier alpha value is -2.04. The molecule has 1 saturated heterocycles. The second-order valence-electron chi connectivity index (χ2n) is 5.57. The van der Waals surface area contributed by atoms with Gasteiger partial charge in [-0.2, -0.15) is 4.31 Å². The van der Waals surface area contributed by atoms with E-state index < -0.39 is 14.9 Å². The Morgan fingerprint density at radius 2 is 1.88 bits per heavy atom. The lowest BCUT2D eigenvalue weighted by Crippen LogP contribution is -2.49. The van der Waals surface area contributed by atoms with Crippen molar-refractivity contribution in [3.63, 3.8) is 0 Å². The minimum Gasteiger partial charge on any atom is -0.339 e. The third-order valence-corrected chi connectivity index (χ3v) is 5.58. The van der Waals surface area contributed by atoms with Gasteiger partial charge in [-0.1, -0.05) is 12.1 Å². The number of non-ortho nitro benzene ring substituents is 1. The number of nitro groups is 1. The molecule has 1 fully saturated rings. The van der Waals surface area contributed by atoms with Crippen LogP contribution >= 0.6 is 0 Å². The summed E-state index contributed by atoms with van der Waals surface area (Å²) in [7, 11) is -2.32. The molecule has 24 heavy (non-hydrogen) atoms. The van der Waals surface area contributed by atoms with Gasteiger partial charge in [0.1, 0.15) is 0 Å². The molecule has 0 saturated carbocycles. The number of piperazine rings is 1. The molecule has 0 aromatic heterocycles. The van der Waals surface area contributed by atoms with Crippen LogP contribution in [-0.4, -0.2) is 68.2 Å². The SMILES string of the molecule is CN(CC(=O)N1CCNCC1)S(=O)(=O)Cc1ccc([N+](=O)[O-])cc1. The van der Waals surface area contributed by atoms with E-state index >= 15 is 0 Å². The number of hydrogen-bond donors (Lipinski definition) is 1. The van der Waals surface area contributed by atoms with Crippen LogP contribution in [-0.2, 0) is 20.6 Å². The second-order valence-corrected chi connectivity index (χ2v) is 7.64. The quantitative estimate of drug-likeness (QED) is 0.557. The van der Waals surface area contributed by atoms with Crippen LogP contribution in [0, 0.1) is 10.1 Å². The molecule has 1 aromatic carbocycles. The summed E-state index contributed by atoms with van der Waals surface area (Å²) in [5.41, 5.74) is 0.334. The van der Waals surface area contributed by atoms with Gasteiger partial charge >= 0.3 is 0 Å². The first-order valence-corrected chi connectivity index (χ1v) is 9.06. The Morgan fingerprint density at radius 1 is 1.29 bits per heavy atom. The predicted octanol–water partition coefficient (Wildman–Crippen LogP) is -0.212. The number of amides is 1. The van der Waals surface area contributed by atoms with Crippen molar-refractivity contribution in [2.24, 2.45) is 0 Å². The Bertz CT molecular complexity index is 698. The summed E-state index contributed by atoms with van der Waals surface area (Å²) in [5, 5.41) is 13.7. The molecule has 10 heteroatoms. The molecule has 1 N–H and O–H groups in total. The molecule has 0 spiro atoms. The first kappa shape index (κ1) is 18.3. The molecule has 0 aliphatic carbocycles. The zero-order chi connectivity index (χ0) is 17.7. The van der Waals surface area contributed by atoms with Crippen molar-refractivity contribution in [3.05, 3.63) is 39.9 Å². The fraction of sp³-hybridized carbons (Fsp3) is 0.500. The third-order valence-electron chi connectivity index (χ3n) is 3.80. The summed E-state index contributed by atoms with van der Waals surface area (Å²) >= 11 is 0. The van der Waals surface area contributed by atoms with Gasteiger partial charge in [-0.25, -0.2) is 8.42 Å². The van der Waals surface area contributed by atoms with Crippen LogP contribution in [0.25, 0.3) is 0 Å². The zero-order valence-electron chi connectivity index (χ0n) is 13.3. The lowest BCUT2D eigenvalue weighted by molar-refractivity contribution is -0.384. The van der Waals surface area contributed by atoms with Gasteiger partial charge in [-0.05, 0) is 5.56 Å². The molecule has 0 radical (unpaired) electrons. The zero-order valence-corrected chi connectivity index (χ0v) is 14.2. The van der Waals surface area contributed by atoms with E-state index in [4.69, 9.17) is 0 Å². The lowest BCUT2D eigenvalue weighted by Gasteiger charge is -2.29. The molecule has 1 aliphatic heterocycles. The highest BCUT2D eigenvalue weighted by Crippen LogP contribution is 2.15. The molecule has 2 rings (SSSR count). The van der Waals surface area contributed by atoms with Crippen LogP contribution in [0.2, 0.25) is 0 Å². The highest BCUT2D eigenvalue weighted by Gasteiger charge is 2.24. The van der Waals surface area contributed by atoms with Crippen LogP contribution in [0.15, 0.2) is 24.3 Å². The lowest BCUT2D eigenvalue weighted by atomic mass is 10.2. The van der Waals surface area contributed by atoms with Crippen molar-refractivity contribution in [2.45, 2.75) is 5.75 Å². The normalized spacial score (nSPS) is 15.5. The van der Waals surface area contributed by atoms with Gasteiger partial charge in [0.25, 0.3) is 5.69 Å². The number of sulfonamides is 1. The standard InChI is InChI=1S/C14H20N4O5S/c1-16(10-14(19)17-8-6-15-7-9-17)24(22,23)11-12-2-4-13(5-3-12)18(20)21/h2-5,15H,6-11H2,1H3. The predicted molar refractivity (Wildman–Crippen MR) is 87.8 cm³/mol. The number of nitro benzene ring substituents is 1. The summed E-state index contributed by atoms with van der Waals surface area (Å²) in [4.78, 5) is 23.8. The van der Waals surface area contributed by atoms with Gasteiger partial charge in [0, 0.05) is 45.4 Å². The maximum atomic E-state index is 12.3. The minimum absolute atomic E-state index is 0.0987. The first-order chi connectivity index (χ1) is 11.3. The molecule has 132 valence electrons. The molecular formula is C14H20N4O5S. The summed E-state index contributed by atoms with van der Waals surface area (Å²) in [6.45, 7) is 2.31. The third kappa shape index (κ3) is 4.73. The Labute approximate surface area is 140 Å². The minimum atomic E-state index is -3.68. The number of rotatable bonds is 6. The van der Waals surface area contributed by atoms with Crippen molar-refractivity contribution in [1.29, 1.82) is 0 Å². The molecule has 0 atom stereocenters. The van der Waals surface area contributed by atoms with Crippen LogP contribution < -0.4 is 5.32 Å². The molecular weight excluding hydrogens is 336 g/mol. The van der Waals surface area contributed by atoms with Gasteiger partial charge in [0.05, 0.1) is 17.2 Å². The highest BCUT2D eigenvalue weighted by atomic mass is 32.2. The molecule has 1 amide bonds. The topological polar surface area (TPSA) is 113 Å². The smallest absolute Gasteiger partial charge is 0.269 e. The summed E-state index contributed by atoms with van der Waals surface area (Å²) in [6, 6.07) is 5.33. The van der Waals surface area contributed by atoms with E-state index in [0.717, 1.165) is 4.31 Å². The van der Waals surface area contributed by atoms with Crippen LogP contribution in [0.1, 0.15) is 5.56 Å². The maximum Gasteiger partial charge on any atom is 0.269 e. The van der Waals surface area contributed by atoms with Crippen molar-refractivity contribution in [1.82, 2.24) is 14.5 Å². The van der Waals surface area contributed by atoms with Crippen molar-refractivity contribution in [3.8, 4) is 0 Å². The fourth-order valence-electron chi connectivity index (χ4n) is 2.34. The van der Waals surface area contributed by atoms with Crippen molar-refractivity contribution >= 4 is 21.6 Å². The number of benzene rings is 1. The largest absolute Gasteiger partial charge is 0.339 e. The van der Waals surface area contributed by atoms with Gasteiger partial charge < -0.3 is 10.2 Å². The molecule has 1 heterocycles. The second kappa shape index (κ2) is 7.69. The van der Waals surface area contributed by atoms with Crippen LogP contribution in [0.4, 0.5) is 5.69 Å². The number of hydrogen-bond acceptors (Lipinski definition) is 6. The van der Waals surface area contributed by atoms with E-state index in [1.54, 1.807) is 4.90 Å². The summed E-state index contributed by atoms with van der Waals surface area (Å²) < 4.78 is 25.7. The van der Waals surface area contributed by atoms with E-state index in [1.807, 2.05) is 0 Å². The van der Waals surface area contributed by atoms with Crippen LogP contribution in [0.3, 0.4) is 0 Å². The molecule has 9 nitrogen and oxygen atoms in total. The number of nitrogens with one attached hydrogen (secondary N) is 1. The van der Waals surface area contributed by atoms with E-state index in [-0.39, 0.29) is 23.9 Å². The van der Waals surface area contributed by atoms with E-state index in [0.29, 0.717) is 31.7 Å². The number of nitrogens with zero attached hydrogens (tertiary/aromatic N) is 3. The summed E-state index contributed by atoms with van der Waals surface area (Å²) in [5.74, 6) is -0.539. The van der Waals surface area contributed by atoms with E-state index in [2.05, 4.69) is 5.32 Å². The van der Waals surface area contributed by atoms with Gasteiger partial charge in [0.15, 0.2) is 0 Å². The van der Waals surface area contributed by atoms with Gasteiger partial charge in [-0.15, -0.1) is 0 Å². The maximum absolute atomic E-state index is 12.3. The van der Waals surface area contributed by atoms with Gasteiger partial charge in [0.2, 0.25) is 15.9 Å². The van der Waals surface area contributed by atoms with Gasteiger partial charge in [-0.3, -0.25) is 14.9 Å². The Morgan fingerprint density at radius 3 is 2.42 bits per heavy atom. The highest BCUT2D eigenvalue weighted by molar-refractivity contribution is 7.88. The first-order valence-electron chi connectivity index (χ1n) is 7.45.